The van der Waals surface area contributed by atoms with Crippen molar-refractivity contribution in [2.24, 2.45) is 5.92 Å². The van der Waals surface area contributed by atoms with Gasteiger partial charge >= 0.3 is 0 Å². The summed E-state index contributed by atoms with van der Waals surface area (Å²) in [6.45, 7) is 3.40. The Balaban J connectivity index is 1.78. The molecule has 0 heterocycles. The Bertz CT molecular complexity index is 377. The van der Waals surface area contributed by atoms with Crippen LogP contribution in [0.3, 0.4) is 0 Å². The van der Waals surface area contributed by atoms with Gasteiger partial charge in [-0.1, -0.05) is 38.3 Å². The van der Waals surface area contributed by atoms with Crippen molar-refractivity contribution in [3.05, 3.63) is 29.8 Å². The molecule has 2 unspecified atom stereocenters. The van der Waals surface area contributed by atoms with E-state index in [-0.39, 0.29) is 0 Å². The van der Waals surface area contributed by atoms with E-state index in [1.165, 1.54) is 37.7 Å². The topological polar surface area (TPSA) is 21.3 Å². The molecule has 1 saturated carbocycles. The highest BCUT2D eigenvalue weighted by molar-refractivity contribution is 5.28. The van der Waals surface area contributed by atoms with Crippen LogP contribution in [0.5, 0.6) is 5.75 Å². The highest BCUT2D eigenvalue weighted by Gasteiger charge is 2.22. The van der Waals surface area contributed by atoms with Gasteiger partial charge in [0.1, 0.15) is 5.75 Å². The second kappa shape index (κ2) is 7.54. The third kappa shape index (κ3) is 4.24. The van der Waals surface area contributed by atoms with Gasteiger partial charge in [-0.15, -0.1) is 0 Å². The van der Waals surface area contributed by atoms with Crippen LogP contribution >= 0.6 is 0 Å². The minimum absolute atomic E-state index is 0.740. The molecule has 2 heteroatoms. The lowest BCUT2D eigenvalue weighted by Crippen LogP contribution is -2.39. The molecule has 1 aliphatic rings. The summed E-state index contributed by atoms with van der Waals surface area (Å²) in [6, 6.07) is 9.14. The minimum Gasteiger partial charge on any atom is -0.497 e. The number of ether oxygens (including phenoxy) is 1. The maximum absolute atomic E-state index is 5.27. The molecular weight excluding hydrogens is 234 g/mol. The van der Waals surface area contributed by atoms with Crippen molar-refractivity contribution in [3.8, 4) is 5.75 Å². The molecule has 0 radical (unpaired) electrons. The zero-order valence-corrected chi connectivity index (χ0v) is 12.3. The van der Waals surface area contributed by atoms with E-state index in [0.717, 1.165) is 30.7 Å². The van der Waals surface area contributed by atoms with Gasteiger partial charge in [0.05, 0.1) is 7.11 Å². The summed E-state index contributed by atoms with van der Waals surface area (Å²) >= 11 is 0. The average Bonchev–Trinajstić information content (AvgIpc) is 2.48. The largest absolute Gasteiger partial charge is 0.497 e. The van der Waals surface area contributed by atoms with Crippen LogP contribution in [0.15, 0.2) is 24.3 Å². The van der Waals surface area contributed by atoms with E-state index in [2.05, 4.69) is 30.4 Å². The first-order valence-corrected chi connectivity index (χ1v) is 7.69. The number of nitrogens with one attached hydrogen (secondary N) is 1. The van der Waals surface area contributed by atoms with Gasteiger partial charge in [0.2, 0.25) is 0 Å². The smallest absolute Gasteiger partial charge is 0.119 e. The van der Waals surface area contributed by atoms with E-state index in [1.807, 2.05) is 6.07 Å². The minimum atomic E-state index is 0.740. The van der Waals surface area contributed by atoms with E-state index in [4.69, 9.17) is 4.74 Å². The Morgan fingerprint density at radius 1 is 1.26 bits per heavy atom. The van der Waals surface area contributed by atoms with Crippen LogP contribution in [0.4, 0.5) is 0 Å². The Kier molecular flexibility index (Phi) is 5.71. The van der Waals surface area contributed by atoms with Crippen molar-refractivity contribution in [3.63, 3.8) is 0 Å². The summed E-state index contributed by atoms with van der Waals surface area (Å²) < 4.78 is 5.27. The summed E-state index contributed by atoms with van der Waals surface area (Å²) in [7, 11) is 1.73. The lowest BCUT2D eigenvalue weighted by Gasteiger charge is -2.31. The zero-order valence-electron chi connectivity index (χ0n) is 12.3. The van der Waals surface area contributed by atoms with Gasteiger partial charge in [0.25, 0.3) is 0 Å². The molecule has 0 aliphatic heterocycles. The SMILES string of the molecule is CCC1CCCCC1NCCc1cccc(OC)c1. The number of hydrogen-bond donors (Lipinski definition) is 1. The standard InChI is InChI=1S/C17H27NO/c1-3-15-8-4-5-10-17(15)18-12-11-14-7-6-9-16(13-14)19-2/h6-7,9,13,15,17-18H,3-5,8,10-12H2,1-2H3. The maximum atomic E-state index is 5.27. The predicted molar refractivity (Wildman–Crippen MR) is 80.7 cm³/mol. The first-order valence-electron chi connectivity index (χ1n) is 7.69. The predicted octanol–water partition coefficient (Wildman–Crippen LogP) is 3.80. The third-order valence-electron chi connectivity index (χ3n) is 4.39. The van der Waals surface area contributed by atoms with Crippen molar-refractivity contribution in [1.29, 1.82) is 0 Å². The Hall–Kier alpha value is -1.02. The fourth-order valence-corrected chi connectivity index (χ4v) is 3.19. The van der Waals surface area contributed by atoms with Crippen molar-refractivity contribution < 1.29 is 4.74 Å². The molecule has 1 aliphatic carbocycles. The highest BCUT2D eigenvalue weighted by Crippen LogP contribution is 2.26. The van der Waals surface area contributed by atoms with Crippen molar-refractivity contribution in [2.45, 2.75) is 51.5 Å². The lowest BCUT2D eigenvalue weighted by atomic mass is 9.83. The van der Waals surface area contributed by atoms with Crippen LogP contribution in [0, 0.1) is 5.92 Å². The summed E-state index contributed by atoms with van der Waals surface area (Å²) in [5.41, 5.74) is 1.36. The van der Waals surface area contributed by atoms with E-state index in [9.17, 15) is 0 Å². The molecule has 106 valence electrons. The molecule has 2 rings (SSSR count). The van der Waals surface area contributed by atoms with Crippen LogP contribution in [-0.4, -0.2) is 19.7 Å². The average molecular weight is 261 g/mol. The quantitative estimate of drug-likeness (QED) is 0.841. The summed E-state index contributed by atoms with van der Waals surface area (Å²) in [5, 5.41) is 3.77. The summed E-state index contributed by atoms with van der Waals surface area (Å²) in [4.78, 5) is 0. The highest BCUT2D eigenvalue weighted by atomic mass is 16.5. The molecule has 0 saturated heterocycles. The van der Waals surface area contributed by atoms with Crippen LogP contribution in [0.1, 0.15) is 44.6 Å². The third-order valence-corrected chi connectivity index (χ3v) is 4.39. The van der Waals surface area contributed by atoms with E-state index in [1.54, 1.807) is 7.11 Å². The van der Waals surface area contributed by atoms with Crippen LogP contribution in [-0.2, 0) is 6.42 Å². The molecule has 1 fully saturated rings. The first-order chi connectivity index (χ1) is 9.33. The molecule has 0 aromatic heterocycles. The Morgan fingerprint density at radius 2 is 2.11 bits per heavy atom. The number of rotatable bonds is 6. The molecular formula is C17H27NO. The lowest BCUT2D eigenvalue weighted by molar-refractivity contribution is 0.257. The Labute approximate surface area is 117 Å². The van der Waals surface area contributed by atoms with Gasteiger partial charge in [-0.25, -0.2) is 0 Å². The van der Waals surface area contributed by atoms with Crippen LogP contribution in [0.2, 0.25) is 0 Å². The fourth-order valence-electron chi connectivity index (χ4n) is 3.19. The molecule has 2 atom stereocenters. The number of benzene rings is 1. The normalized spacial score (nSPS) is 23.3. The van der Waals surface area contributed by atoms with Gasteiger partial charge < -0.3 is 10.1 Å². The second-order valence-corrected chi connectivity index (χ2v) is 5.61. The number of hydrogen-bond acceptors (Lipinski definition) is 2. The van der Waals surface area contributed by atoms with Crippen molar-refractivity contribution in [1.82, 2.24) is 5.32 Å². The number of methoxy groups -OCH3 is 1. The molecule has 1 N–H and O–H groups in total. The molecule has 1 aromatic carbocycles. The van der Waals surface area contributed by atoms with E-state index >= 15 is 0 Å². The molecule has 0 amide bonds. The van der Waals surface area contributed by atoms with E-state index in [0.29, 0.717) is 0 Å². The summed E-state index contributed by atoms with van der Waals surface area (Å²) in [6.07, 6.45) is 7.99. The molecule has 2 nitrogen and oxygen atoms in total. The van der Waals surface area contributed by atoms with Crippen LogP contribution < -0.4 is 10.1 Å². The first kappa shape index (κ1) is 14.4. The Morgan fingerprint density at radius 3 is 2.89 bits per heavy atom. The van der Waals surface area contributed by atoms with Crippen LogP contribution in [0.25, 0.3) is 0 Å². The molecule has 1 aromatic rings. The fraction of sp³-hybridized carbons (Fsp3) is 0.647. The van der Waals surface area contributed by atoms with Gasteiger partial charge in [0, 0.05) is 6.04 Å². The van der Waals surface area contributed by atoms with Gasteiger partial charge in [-0.05, 0) is 49.4 Å². The zero-order chi connectivity index (χ0) is 13.5. The van der Waals surface area contributed by atoms with Gasteiger partial charge in [-0.2, -0.15) is 0 Å². The molecule has 0 bridgehead atoms. The van der Waals surface area contributed by atoms with E-state index < -0.39 is 0 Å². The molecule has 19 heavy (non-hydrogen) atoms. The second-order valence-electron chi connectivity index (χ2n) is 5.61. The molecule has 0 spiro atoms. The summed E-state index contributed by atoms with van der Waals surface area (Å²) in [5.74, 6) is 1.85. The van der Waals surface area contributed by atoms with Gasteiger partial charge in [0.15, 0.2) is 0 Å². The maximum Gasteiger partial charge on any atom is 0.119 e. The monoisotopic (exact) mass is 261 g/mol. The van der Waals surface area contributed by atoms with Crippen molar-refractivity contribution >= 4 is 0 Å². The van der Waals surface area contributed by atoms with Crippen molar-refractivity contribution in [2.75, 3.05) is 13.7 Å². The van der Waals surface area contributed by atoms with Gasteiger partial charge in [-0.3, -0.25) is 0 Å².